The first-order valence-corrected chi connectivity index (χ1v) is 10.8. The van der Waals surface area contributed by atoms with E-state index in [0.717, 1.165) is 33.1 Å². The fourth-order valence-electron chi connectivity index (χ4n) is 4.10. The standard InChI is InChI=1S/C26H22N4O4/c31-24(30-26-28-21-8-4-5-9-22(21)29-26)15-34-17-10-11-18-20(14-27-23(18)12-17)19(13-25(32)33)16-6-2-1-3-7-16/h1-12,14,19,27H,13,15H2,(H,32,33)(H2,28,29,30,31). The number of nitrogens with zero attached hydrogens (tertiary/aromatic N) is 1. The molecule has 0 spiro atoms. The van der Waals surface area contributed by atoms with Gasteiger partial charge in [0.1, 0.15) is 5.75 Å². The monoisotopic (exact) mass is 454 g/mol. The minimum Gasteiger partial charge on any atom is -0.484 e. The molecule has 1 unspecified atom stereocenters. The molecule has 0 aliphatic carbocycles. The van der Waals surface area contributed by atoms with Gasteiger partial charge in [-0.15, -0.1) is 0 Å². The topological polar surface area (TPSA) is 120 Å². The van der Waals surface area contributed by atoms with Crippen LogP contribution in [0.3, 0.4) is 0 Å². The molecule has 4 N–H and O–H groups in total. The first kappa shape index (κ1) is 21.3. The molecule has 0 saturated carbocycles. The predicted octanol–water partition coefficient (Wildman–Crippen LogP) is 4.67. The molecule has 2 aromatic heterocycles. The first-order chi connectivity index (χ1) is 16.6. The van der Waals surface area contributed by atoms with Crippen LogP contribution in [0.5, 0.6) is 5.75 Å². The van der Waals surface area contributed by atoms with Gasteiger partial charge in [0.25, 0.3) is 5.91 Å². The number of aromatic amines is 2. The van der Waals surface area contributed by atoms with E-state index in [0.29, 0.717) is 11.7 Å². The molecule has 34 heavy (non-hydrogen) atoms. The number of hydrogen-bond acceptors (Lipinski definition) is 4. The smallest absolute Gasteiger partial charge is 0.304 e. The summed E-state index contributed by atoms with van der Waals surface area (Å²) in [5.41, 5.74) is 4.24. The number of carbonyl (C=O) groups excluding carboxylic acids is 1. The van der Waals surface area contributed by atoms with Crippen molar-refractivity contribution in [2.45, 2.75) is 12.3 Å². The van der Waals surface area contributed by atoms with Crippen LogP contribution in [0.4, 0.5) is 5.95 Å². The third kappa shape index (κ3) is 4.47. The number of carboxylic acid groups (broad SMARTS) is 1. The van der Waals surface area contributed by atoms with E-state index in [9.17, 15) is 14.7 Å². The van der Waals surface area contributed by atoms with Crippen molar-refractivity contribution >= 4 is 39.8 Å². The van der Waals surface area contributed by atoms with Gasteiger partial charge in [-0.2, -0.15) is 0 Å². The summed E-state index contributed by atoms with van der Waals surface area (Å²) in [5.74, 6) is -0.593. The molecule has 0 bridgehead atoms. The Kier molecular flexibility index (Phi) is 5.70. The lowest BCUT2D eigenvalue weighted by atomic mass is 9.88. The lowest BCUT2D eigenvalue weighted by Crippen LogP contribution is -2.20. The molecule has 0 aliphatic rings. The van der Waals surface area contributed by atoms with Gasteiger partial charge in [-0.1, -0.05) is 42.5 Å². The van der Waals surface area contributed by atoms with Crippen LogP contribution in [0.2, 0.25) is 0 Å². The first-order valence-electron chi connectivity index (χ1n) is 10.8. The number of anilines is 1. The van der Waals surface area contributed by atoms with Gasteiger partial charge in [-0.05, 0) is 35.4 Å². The molecule has 1 amide bonds. The Morgan fingerprint density at radius 3 is 2.59 bits per heavy atom. The largest absolute Gasteiger partial charge is 0.484 e. The summed E-state index contributed by atoms with van der Waals surface area (Å²) in [5, 5.41) is 13.1. The lowest BCUT2D eigenvalue weighted by Gasteiger charge is -2.15. The van der Waals surface area contributed by atoms with Crippen LogP contribution >= 0.6 is 0 Å². The fraction of sp³-hybridized carbons (Fsp3) is 0.115. The van der Waals surface area contributed by atoms with Crippen molar-refractivity contribution in [3.63, 3.8) is 0 Å². The van der Waals surface area contributed by atoms with Gasteiger partial charge >= 0.3 is 5.97 Å². The number of hydrogen-bond donors (Lipinski definition) is 4. The normalized spacial score (nSPS) is 12.0. The van der Waals surface area contributed by atoms with Crippen LogP contribution < -0.4 is 10.1 Å². The second-order valence-corrected chi connectivity index (χ2v) is 7.95. The van der Waals surface area contributed by atoms with E-state index in [4.69, 9.17) is 4.74 Å². The summed E-state index contributed by atoms with van der Waals surface area (Å²) in [7, 11) is 0. The molecule has 0 saturated heterocycles. The Hall–Kier alpha value is -4.59. The van der Waals surface area contributed by atoms with E-state index in [-0.39, 0.29) is 24.9 Å². The highest BCUT2D eigenvalue weighted by Crippen LogP contribution is 2.34. The number of fused-ring (bicyclic) bond motifs is 2. The molecule has 2 heterocycles. The van der Waals surface area contributed by atoms with E-state index in [2.05, 4.69) is 20.3 Å². The van der Waals surface area contributed by atoms with Crippen molar-refractivity contribution in [1.29, 1.82) is 0 Å². The van der Waals surface area contributed by atoms with Crippen molar-refractivity contribution in [2.24, 2.45) is 0 Å². The number of amides is 1. The number of carboxylic acids is 1. The number of aromatic nitrogens is 3. The molecule has 1 atom stereocenters. The van der Waals surface area contributed by atoms with E-state index >= 15 is 0 Å². The molecule has 0 radical (unpaired) electrons. The van der Waals surface area contributed by atoms with Crippen molar-refractivity contribution in [2.75, 3.05) is 11.9 Å². The second-order valence-electron chi connectivity index (χ2n) is 7.95. The molecule has 170 valence electrons. The van der Waals surface area contributed by atoms with Crippen molar-refractivity contribution in [3.05, 3.63) is 90.1 Å². The van der Waals surface area contributed by atoms with Crippen LogP contribution in [0.1, 0.15) is 23.5 Å². The lowest BCUT2D eigenvalue weighted by molar-refractivity contribution is -0.137. The molecule has 8 nitrogen and oxygen atoms in total. The Morgan fingerprint density at radius 2 is 1.79 bits per heavy atom. The number of ether oxygens (including phenoxy) is 1. The SMILES string of the molecule is O=C(O)CC(c1ccccc1)c1c[nH]c2cc(OCC(=O)Nc3nc4ccccc4[nH]3)ccc12. The van der Waals surface area contributed by atoms with Gasteiger partial charge in [0.15, 0.2) is 6.61 Å². The highest BCUT2D eigenvalue weighted by atomic mass is 16.5. The minimum atomic E-state index is -0.862. The Balaban J connectivity index is 1.30. The van der Waals surface area contributed by atoms with Gasteiger partial charge in [-0.25, -0.2) is 4.98 Å². The number of aliphatic carboxylic acids is 1. The molecular weight excluding hydrogens is 432 g/mol. The summed E-state index contributed by atoms with van der Waals surface area (Å²) >= 11 is 0. The Morgan fingerprint density at radius 1 is 1.00 bits per heavy atom. The van der Waals surface area contributed by atoms with Crippen molar-refractivity contribution < 1.29 is 19.4 Å². The maximum Gasteiger partial charge on any atom is 0.304 e. The molecule has 0 aliphatic heterocycles. The molecule has 0 fully saturated rings. The van der Waals surface area contributed by atoms with Crippen LogP contribution in [0.15, 0.2) is 79.0 Å². The van der Waals surface area contributed by atoms with Crippen molar-refractivity contribution in [3.8, 4) is 5.75 Å². The number of carbonyl (C=O) groups is 2. The zero-order chi connectivity index (χ0) is 23.5. The summed E-state index contributed by atoms with van der Waals surface area (Å²) < 4.78 is 5.67. The number of imidazole rings is 1. The second kappa shape index (κ2) is 9.11. The van der Waals surface area contributed by atoms with E-state index in [1.165, 1.54) is 0 Å². The zero-order valence-electron chi connectivity index (χ0n) is 18.1. The number of para-hydroxylation sites is 2. The van der Waals surface area contributed by atoms with Gasteiger partial charge in [0.05, 0.1) is 17.5 Å². The average molecular weight is 454 g/mol. The van der Waals surface area contributed by atoms with Crippen LogP contribution in [-0.4, -0.2) is 38.5 Å². The van der Waals surface area contributed by atoms with E-state index < -0.39 is 5.97 Å². The van der Waals surface area contributed by atoms with Crippen LogP contribution in [-0.2, 0) is 9.59 Å². The third-order valence-corrected chi connectivity index (χ3v) is 5.66. The molecule has 3 aromatic carbocycles. The van der Waals surface area contributed by atoms with Crippen LogP contribution in [0, 0.1) is 0 Å². The molecule has 5 rings (SSSR count). The van der Waals surface area contributed by atoms with Gasteiger partial charge < -0.3 is 19.8 Å². The summed E-state index contributed by atoms with van der Waals surface area (Å²) in [6.45, 7) is -0.179. The minimum absolute atomic E-state index is 0.0167. The summed E-state index contributed by atoms with van der Waals surface area (Å²) in [6.07, 6.45) is 1.82. The average Bonchev–Trinajstić information content (AvgIpc) is 3.45. The fourth-order valence-corrected chi connectivity index (χ4v) is 4.10. The van der Waals surface area contributed by atoms with E-state index in [1.807, 2.05) is 66.9 Å². The van der Waals surface area contributed by atoms with Gasteiger partial charge in [0.2, 0.25) is 5.95 Å². The van der Waals surface area contributed by atoms with Gasteiger partial charge in [0, 0.05) is 29.1 Å². The number of benzene rings is 3. The summed E-state index contributed by atoms with van der Waals surface area (Å²) in [4.78, 5) is 34.4. The van der Waals surface area contributed by atoms with Crippen molar-refractivity contribution in [1.82, 2.24) is 15.0 Å². The van der Waals surface area contributed by atoms with Crippen LogP contribution in [0.25, 0.3) is 21.9 Å². The highest BCUT2D eigenvalue weighted by Gasteiger charge is 2.21. The maximum atomic E-state index is 12.3. The third-order valence-electron chi connectivity index (χ3n) is 5.66. The van der Waals surface area contributed by atoms with E-state index in [1.54, 1.807) is 12.1 Å². The zero-order valence-corrected chi connectivity index (χ0v) is 18.1. The van der Waals surface area contributed by atoms with Gasteiger partial charge in [-0.3, -0.25) is 14.9 Å². The number of nitrogens with one attached hydrogen (secondary N) is 3. The number of rotatable bonds is 8. The molecule has 8 heteroatoms. The Labute approximate surface area is 194 Å². The predicted molar refractivity (Wildman–Crippen MR) is 129 cm³/mol. The quantitative estimate of drug-likeness (QED) is 0.272. The molecular formula is C26H22N4O4. The highest BCUT2D eigenvalue weighted by molar-refractivity contribution is 5.92. The Bertz CT molecular complexity index is 1440. The molecule has 5 aromatic rings. The summed E-state index contributed by atoms with van der Waals surface area (Å²) in [6, 6.07) is 22.6. The maximum absolute atomic E-state index is 12.3. The number of H-pyrrole nitrogens is 2.